The average molecular weight is 360 g/mol. The highest BCUT2D eigenvalue weighted by atomic mass is 79.9. The Morgan fingerprint density at radius 3 is 2.80 bits per heavy atom. The van der Waals surface area contributed by atoms with Gasteiger partial charge >= 0.3 is 0 Å². The average Bonchev–Trinajstić information content (AvgIpc) is 2.47. The molecule has 0 unspecified atom stereocenters. The number of hydrogen-bond donors (Lipinski definition) is 2. The third-order valence-electron chi connectivity index (χ3n) is 3.35. The number of likely N-dealkylation sites (tertiary alicyclic amines) is 1. The smallest absolute Gasteiger partial charge is 0.255 e. The van der Waals surface area contributed by atoms with E-state index in [-0.39, 0.29) is 18.6 Å². The SMILES string of the molecule is O=C(c1cc(S)ccc1Br)N1CCC(OCCO)CC1. The number of aliphatic hydroxyl groups excluding tert-OH is 1. The first kappa shape index (κ1) is 15.8. The summed E-state index contributed by atoms with van der Waals surface area (Å²) in [5.74, 6) is 0.0217. The predicted octanol–water partition coefficient (Wildman–Crippen LogP) is 2.35. The van der Waals surface area contributed by atoms with Gasteiger partial charge in [-0.2, -0.15) is 0 Å². The molecule has 1 saturated heterocycles. The Morgan fingerprint density at radius 1 is 1.45 bits per heavy atom. The summed E-state index contributed by atoms with van der Waals surface area (Å²) >= 11 is 7.69. The van der Waals surface area contributed by atoms with Gasteiger partial charge in [0.25, 0.3) is 5.91 Å². The molecule has 0 aromatic heterocycles. The summed E-state index contributed by atoms with van der Waals surface area (Å²) < 4.78 is 6.29. The minimum absolute atomic E-state index is 0.0217. The van der Waals surface area contributed by atoms with Crippen LogP contribution in [0.1, 0.15) is 23.2 Å². The lowest BCUT2D eigenvalue weighted by Crippen LogP contribution is -2.41. The Labute approximate surface area is 132 Å². The van der Waals surface area contributed by atoms with Crippen LogP contribution in [0.5, 0.6) is 0 Å². The summed E-state index contributed by atoms with van der Waals surface area (Å²) in [7, 11) is 0. The fourth-order valence-electron chi connectivity index (χ4n) is 2.29. The van der Waals surface area contributed by atoms with Crippen LogP contribution in [0.25, 0.3) is 0 Å². The molecule has 1 aliphatic rings. The van der Waals surface area contributed by atoms with Crippen LogP contribution < -0.4 is 0 Å². The van der Waals surface area contributed by atoms with Crippen LogP contribution in [0.15, 0.2) is 27.6 Å². The van der Waals surface area contributed by atoms with Gasteiger partial charge in [0.2, 0.25) is 0 Å². The molecule has 1 amide bonds. The first-order valence-electron chi connectivity index (χ1n) is 6.62. The standard InChI is InChI=1S/C14H18BrNO3S/c15-13-2-1-11(20)9-12(13)14(18)16-5-3-10(4-6-16)19-8-7-17/h1-2,9-10,17,20H,3-8H2. The zero-order valence-corrected chi connectivity index (χ0v) is 13.6. The van der Waals surface area contributed by atoms with Crippen molar-refractivity contribution in [1.29, 1.82) is 0 Å². The quantitative estimate of drug-likeness (QED) is 0.811. The third-order valence-corrected chi connectivity index (χ3v) is 4.32. The predicted molar refractivity (Wildman–Crippen MR) is 83.4 cm³/mol. The van der Waals surface area contributed by atoms with Gasteiger partial charge in [0.15, 0.2) is 0 Å². The number of ether oxygens (including phenoxy) is 1. The number of rotatable bonds is 4. The molecule has 4 nitrogen and oxygen atoms in total. The zero-order chi connectivity index (χ0) is 14.5. The number of aliphatic hydroxyl groups is 1. The zero-order valence-electron chi connectivity index (χ0n) is 11.1. The normalized spacial score (nSPS) is 16.4. The van der Waals surface area contributed by atoms with Crippen LogP contribution >= 0.6 is 28.6 Å². The molecule has 0 radical (unpaired) electrons. The molecule has 6 heteroatoms. The second-order valence-electron chi connectivity index (χ2n) is 4.75. The molecule has 0 atom stereocenters. The maximum atomic E-state index is 12.5. The number of amides is 1. The summed E-state index contributed by atoms with van der Waals surface area (Å²) in [5, 5.41) is 8.74. The number of nitrogens with zero attached hydrogens (tertiary/aromatic N) is 1. The monoisotopic (exact) mass is 359 g/mol. The molecule has 1 fully saturated rings. The minimum Gasteiger partial charge on any atom is -0.394 e. The summed E-state index contributed by atoms with van der Waals surface area (Å²) in [6.07, 6.45) is 1.76. The van der Waals surface area contributed by atoms with Crippen molar-refractivity contribution in [3.63, 3.8) is 0 Å². The second-order valence-corrected chi connectivity index (χ2v) is 6.12. The fraction of sp³-hybridized carbons (Fsp3) is 0.500. The van der Waals surface area contributed by atoms with Crippen molar-refractivity contribution in [1.82, 2.24) is 4.90 Å². The van der Waals surface area contributed by atoms with Crippen molar-refractivity contribution in [2.24, 2.45) is 0 Å². The molecule has 20 heavy (non-hydrogen) atoms. The molecule has 0 aliphatic carbocycles. The van der Waals surface area contributed by atoms with E-state index >= 15 is 0 Å². The van der Waals surface area contributed by atoms with Gasteiger partial charge in [-0.3, -0.25) is 4.79 Å². The largest absolute Gasteiger partial charge is 0.394 e. The Kier molecular flexibility index (Phi) is 5.89. The molecular weight excluding hydrogens is 342 g/mol. The molecule has 1 heterocycles. The number of benzene rings is 1. The van der Waals surface area contributed by atoms with Gasteiger partial charge in [-0.1, -0.05) is 0 Å². The number of carbonyl (C=O) groups is 1. The van der Waals surface area contributed by atoms with E-state index in [1.807, 2.05) is 17.0 Å². The Bertz CT molecular complexity index is 475. The highest BCUT2D eigenvalue weighted by Crippen LogP contribution is 2.23. The van der Waals surface area contributed by atoms with Crippen LogP contribution in [0.4, 0.5) is 0 Å². The van der Waals surface area contributed by atoms with Gasteiger partial charge in [0, 0.05) is 22.5 Å². The van der Waals surface area contributed by atoms with E-state index in [4.69, 9.17) is 9.84 Å². The molecule has 0 saturated carbocycles. The van der Waals surface area contributed by atoms with Crippen LogP contribution in [0.3, 0.4) is 0 Å². The second kappa shape index (κ2) is 7.45. The molecule has 1 aliphatic heterocycles. The molecular formula is C14H18BrNO3S. The number of piperidine rings is 1. The van der Waals surface area contributed by atoms with Gasteiger partial charge in [-0.25, -0.2) is 0 Å². The lowest BCUT2D eigenvalue weighted by Gasteiger charge is -2.32. The van der Waals surface area contributed by atoms with Crippen molar-refractivity contribution >= 4 is 34.5 Å². The molecule has 1 N–H and O–H groups in total. The van der Waals surface area contributed by atoms with E-state index in [1.54, 1.807) is 6.07 Å². The summed E-state index contributed by atoms with van der Waals surface area (Å²) in [4.78, 5) is 15.1. The van der Waals surface area contributed by atoms with E-state index in [0.29, 0.717) is 25.3 Å². The topological polar surface area (TPSA) is 49.8 Å². The highest BCUT2D eigenvalue weighted by molar-refractivity contribution is 9.10. The van der Waals surface area contributed by atoms with E-state index < -0.39 is 0 Å². The van der Waals surface area contributed by atoms with Crippen LogP contribution in [0, 0.1) is 0 Å². The van der Waals surface area contributed by atoms with E-state index in [0.717, 1.165) is 22.2 Å². The van der Waals surface area contributed by atoms with Crippen LogP contribution in [0.2, 0.25) is 0 Å². The molecule has 110 valence electrons. The first-order valence-corrected chi connectivity index (χ1v) is 7.86. The third kappa shape index (κ3) is 3.97. The van der Waals surface area contributed by atoms with Gasteiger partial charge < -0.3 is 14.7 Å². The van der Waals surface area contributed by atoms with Crippen molar-refractivity contribution in [3.05, 3.63) is 28.2 Å². The molecule has 1 aromatic rings. The fourth-order valence-corrected chi connectivity index (χ4v) is 2.91. The van der Waals surface area contributed by atoms with Crippen molar-refractivity contribution < 1.29 is 14.6 Å². The Morgan fingerprint density at radius 2 is 2.15 bits per heavy atom. The van der Waals surface area contributed by atoms with Gasteiger partial charge in [0.1, 0.15) is 0 Å². The van der Waals surface area contributed by atoms with Crippen LogP contribution in [-0.4, -0.2) is 48.3 Å². The molecule has 0 bridgehead atoms. The number of hydrogen-bond acceptors (Lipinski definition) is 4. The number of carbonyl (C=O) groups excluding carboxylic acids is 1. The van der Waals surface area contributed by atoms with E-state index in [2.05, 4.69) is 28.6 Å². The molecule has 1 aromatic carbocycles. The maximum absolute atomic E-state index is 12.5. The highest BCUT2D eigenvalue weighted by Gasteiger charge is 2.25. The van der Waals surface area contributed by atoms with E-state index in [1.165, 1.54) is 0 Å². The Hall–Kier alpha value is -0.560. The van der Waals surface area contributed by atoms with Crippen molar-refractivity contribution in [2.45, 2.75) is 23.8 Å². The lowest BCUT2D eigenvalue weighted by atomic mass is 10.1. The molecule has 2 rings (SSSR count). The summed E-state index contributed by atoms with van der Waals surface area (Å²) in [6, 6.07) is 5.47. The van der Waals surface area contributed by atoms with E-state index in [9.17, 15) is 4.79 Å². The lowest BCUT2D eigenvalue weighted by molar-refractivity contribution is -0.00556. The molecule has 0 spiro atoms. The first-order chi connectivity index (χ1) is 9.61. The van der Waals surface area contributed by atoms with Crippen molar-refractivity contribution in [2.75, 3.05) is 26.3 Å². The minimum atomic E-state index is 0.0217. The van der Waals surface area contributed by atoms with Crippen molar-refractivity contribution in [3.8, 4) is 0 Å². The van der Waals surface area contributed by atoms with Crippen LogP contribution in [-0.2, 0) is 4.74 Å². The number of thiol groups is 1. The number of halogens is 1. The summed E-state index contributed by atoms with van der Waals surface area (Å²) in [5.41, 5.74) is 0.646. The van der Waals surface area contributed by atoms with Gasteiger partial charge in [0.05, 0.1) is 24.9 Å². The summed E-state index contributed by atoms with van der Waals surface area (Å²) in [6.45, 7) is 1.77. The van der Waals surface area contributed by atoms with Gasteiger partial charge in [-0.05, 0) is 47.0 Å². The maximum Gasteiger partial charge on any atom is 0.255 e. The Balaban J connectivity index is 1.96. The van der Waals surface area contributed by atoms with Gasteiger partial charge in [-0.15, -0.1) is 12.6 Å².